The first-order chi connectivity index (χ1) is 9.88. The zero-order valence-electron chi connectivity index (χ0n) is 10.1. The van der Waals surface area contributed by atoms with Gasteiger partial charge in [-0.1, -0.05) is 23.2 Å². The van der Waals surface area contributed by atoms with Crippen LogP contribution in [-0.2, 0) is 0 Å². The summed E-state index contributed by atoms with van der Waals surface area (Å²) in [5.74, 6) is -0.470. The molecule has 0 spiro atoms. The van der Waals surface area contributed by atoms with Crippen LogP contribution < -0.4 is 5.32 Å². The van der Waals surface area contributed by atoms with Crippen molar-refractivity contribution in [1.29, 1.82) is 0 Å². The second kappa shape index (κ2) is 6.38. The summed E-state index contributed by atoms with van der Waals surface area (Å²) in [7, 11) is 0. The summed E-state index contributed by atoms with van der Waals surface area (Å²) < 4.78 is 0.531. The molecule has 2 aromatic rings. The van der Waals surface area contributed by atoms with Gasteiger partial charge >= 0.3 is 0 Å². The maximum Gasteiger partial charge on any atom is 0.287 e. The molecule has 9 heteroatoms. The van der Waals surface area contributed by atoms with E-state index in [9.17, 15) is 14.9 Å². The summed E-state index contributed by atoms with van der Waals surface area (Å²) in [5.41, 5.74) is 0.353. The Bertz CT molecular complexity index is 740. The number of anilines is 1. The number of aromatic nitrogens is 1. The Morgan fingerprint density at radius 1 is 1.33 bits per heavy atom. The standard InChI is InChI=1S/C12H6BrCl2N3O3/c13-8-4-7(5-16-11(8)15)17-12(19)6-1-2-10(18(20)21)9(14)3-6/h1-5H,(H,17,19). The van der Waals surface area contributed by atoms with Crippen molar-refractivity contribution >= 4 is 56.4 Å². The average Bonchev–Trinajstić information content (AvgIpc) is 2.42. The molecule has 0 saturated carbocycles. The van der Waals surface area contributed by atoms with Crippen LogP contribution in [0.2, 0.25) is 10.2 Å². The highest BCUT2D eigenvalue weighted by Crippen LogP contribution is 2.26. The number of amides is 1. The lowest BCUT2D eigenvalue weighted by molar-refractivity contribution is -0.384. The third-order valence-electron chi connectivity index (χ3n) is 2.46. The van der Waals surface area contributed by atoms with Gasteiger partial charge in [0.25, 0.3) is 11.6 Å². The molecule has 2 rings (SSSR count). The van der Waals surface area contributed by atoms with Gasteiger partial charge in [0.1, 0.15) is 10.2 Å². The molecule has 0 unspecified atom stereocenters. The Morgan fingerprint density at radius 2 is 2.05 bits per heavy atom. The van der Waals surface area contributed by atoms with Gasteiger partial charge in [-0.15, -0.1) is 0 Å². The smallest absolute Gasteiger partial charge is 0.287 e. The minimum absolute atomic E-state index is 0.108. The van der Waals surface area contributed by atoms with Crippen molar-refractivity contribution < 1.29 is 9.72 Å². The highest BCUT2D eigenvalue weighted by molar-refractivity contribution is 9.10. The molecule has 1 heterocycles. The fourth-order valence-corrected chi connectivity index (χ4v) is 2.19. The second-order valence-corrected chi connectivity index (χ2v) is 5.49. The van der Waals surface area contributed by atoms with Gasteiger partial charge in [-0.3, -0.25) is 14.9 Å². The van der Waals surface area contributed by atoms with Crippen molar-refractivity contribution in [2.45, 2.75) is 0 Å². The number of nitro benzene ring substituents is 1. The van der Waals surface area contributed by atoms with Crippen molar-refractivity contribution in [1.82, 2.24) is 4.98 Å². The molecule has 6 nitrogen and oxygen atoms in total. The van der Waals surface area contributed by atoms with E-state index in [4.69, 9.17) is 23.2 Å². The number of carbonyl (C=O) groups excluding carboxylic acids is 1. The van der Waals surface area contributed by atoms with E-state index in [0.717, 1.165) is 0 Å². The topological polar surface area (TPSA) is 85.1 Å². The van der Waals surface area contributed by atoms with Crippen LogP contribution in [0.3, 0.4) is 0 Å². The van der Waals surface area contributed by atoms with Gasteiger partial charge in [0.15, 0.2) is 0 Å². The molecule has 21 heavy (non-hydrogen) atoms. The summed E-state index contributed by atoms with van der Waals surface area (Å²) in [6.45, 7) is 0. The van der Waals surface area contributed by atoms with Crippen molar-refractivity contribution in [2.24, 2.45) is 0 Å². The van der Waals surface area contributed by atoms with Gasteiger partial charge in [-0.25, -0.2) is 4.98 Å². The van der Waals surface area contributed by atoms with E-state index in [1.54, 1.807) is 6.07 Å². The number of pyridine rings is 1. The van der Waals surface area contributed by atoms with Crippen molar-refractivity contribution in [3.8, 4) is 0 Å². The van der Waals surface area contributed by atoms with Crippen molar-refractivity contribution in [3.05, 3.63) is 60.8 Å². The number of nitro groups is 1. The maximum absolute atomic E-state index is 12.0. The van der Waals surface area contributed by atoms with E-state index in [0.29, 0.717) is 10.2 Å². The van der Waals surface area contributed by atoms with E-state index in [-0.39, 0.29) is 21.4 Å². The lowest BCUT2D eigenvalue weighted by atomic mass is 10.2. The van der Waals surface area contributed by atoms with E-state index < -0.39 is 10.8 Å². The lowest BCUT2D eigenvalue weighted by Gasteiger charge is -2.06. The number of hydrogen-bond donors (Lipinski definition) is 1. The molecule has 0 atom stereocenters. The van der Waals surface area contributed by atoms with E-state index in [1.165, 1.54) is 24.4 Å². The highest BCUT2D eigenvalue weighted by atomic mass is 79.9. The number of rotatable bonds is 3. The molecule has 0 aliphatic rings. The van der Waals surface area contributed by atoms with Crippen LogP contribution in [-0.4, -0.2) is 15.8 Å². The summed E-state index contributed by atoms with van der Waals surface area (Å²) in [6.07, 6.45) is 1.39. The number of nitrogens with one attached hydrogen (secondary N) is 1. The van der Waals surface area contributed by atoms with Gasteiger partial charge in [0, 0.05) is 11.6 Å². The predicted molar refractivity (Wildman–Crippen MR) is 83.0 cm³/mol. The summed E-state index contributed by atoms with van der Waals surface area (Å²) in [6, 6.07) is 5.30. The van der Waals surface area contributed by atoms with Crippen LogP contribution in [0.5, 0.6) is 0 Å². The molecule has 0 fully saturated rings. The van der Waals surface area contributed by atoms with Crippen LogP contribution in [0, 0.1) is 10.1 Å². The van der Waals surface area contributed by atoms with Crippen LogP contribution in [0.4, 0.5) is 11.4 Å². The van der Waals surface area contributed by atoms with Crippen molar-refractivity contribution in [2.75, 3.05) is 5.32 Å². The molecule has 0 bridgehead atoms. The van der Waals surface area contributed by atoms with Gasteiger partial charge in [-0.2, -0.15) is 0 Å². The van der Waals surface area contributed by atoms with Gasteiger partial charge < -0.3 is 5.32 Å². The fourth-order valence-electron chi connectivity index (χ4n) is 1.49. The molecule has 0 aliphatic heterocycles. The fraction of sp³-hybridized carbons (Fsp3) is 0. The molecule has 0 radical (unpaired) electrons. The SMILES string of the molecule is O=C(Nc1cnc(Cl)c(Br)c1)c1ccc([N+](=O)[O-])c(Cl)c1. The molecule has 0 saturated heterocycles. The first kappa shape index (κ1) is 15.7. The number of halogens is 3. The van der Waals surface area contributed by atoms with E-state index in [2.05, 4.69) is 26.2 Å². The Labute approximate surface area is 137 Å². The Hall–Kier alpha value is -1.70. The predicted octanol–water partition coefficient (Wildman–Crippen LogP) is 4.31. The van der Waals surface area contributed by atoms with Crippen LogP contribution in [0.25, 0.3) is 0 Å². The first-order valence-corrected chi connectivity index (χ1v) is 6.99. The first-order valence-electron chi connectivity index (χ1n) is 5.45. The van der Waals surface area contributed by atoms with Gasteiger partial charge in [0.2, 0.25) is 0 Å². The molecule has 0 aliphatic carbocycles. The largest absolute Gasteiger partial charge is 0.321 e. The summed E-state index contributed by atoms with van der Waals surface area (Å²) in [4.78, 5) is 25.9. The maximum atomic E-state index is 12.0. The second-order valence-electron chi connectivity index (χ2n) is 3.87. The highest BCUT2D eigenvalue weighted by Gasteiger charge is 2.15. The van der Waals surface area contributed by atoms with Gasteiger partial charge in [0.05, 0.1) is 21.3 Å². The molecular weight excluding hydrogens is 385 g/mol. The number of benzene rings is 1. The molecule has 1 N–H and O–H groups in total. The van der Waals surface area contributed by atoms with E-state index >= 15 is 0 Å². The van der Waals surface area contributed by atoms with Gasteiger partial charge in [-0.05, 0) is 34.1 Å². The third-order valence-corrected chi connectivity index (χ3v) is 3.90. The minimum atomic E-state index is -0.621. The monoisotopic (exact) mass is 389 g/mol. The molecule has 108 valence electrons. The Morgan fingerprint density at radius 3 is 2.62 bits per heavy atom. The van der Waals surface area contributed by atoms with Crippen LogP contribution >= 0.6 is 39.1 Å². The van der Waals surface area contributed by atoms with Crippen molar-refractivity contribution in [3.63, 3.8) is 0 Å². The lowest BCUT2D eigenvalue weighted by Crippen LogP contribution is -2.12. The molecular formula is C12H6BrCl2N3O3. The molecule has 1 aromatic carbocycles. The summed E-state index contributed by atoms with van der Waals surface area (Å²) in [5, 5.41) is 13.4. The van der Waals surface area contributed by atoms with E-state index in [1.807, 2.05) is 0 Å². The summed E-state index contributed by atoms with van der Waals surface area (Å²) >= 11 is 14.7. The Balaban J connectivity index is 2.22. The van der Waals surface area contributed by atoms with Crippen LogP contribution in [0.1, 0.15) is 10.4 Å². The normalized spacial score (nSPS) is 10.2. The molecule has 1 aromatic heterocycles. The zero-order chi connectivity index (χ0) is 15.6. The Kier molecular flexibility index (Phi) is 4.76. The number of nitrogens with zero attached hydrogens (tertiary/aromatic N) is 2. The average molecular weight is 391 g/mol. The zero-order valence-corrected chi connectivity index (χ0v) is 13.2. The number of carbonyl (C=O) groups is 1. The van der Waals surface area contributed by atoms with Crippen LogP contribution in [0.15, 0.2) is 34.9 Å². The molecule has 1 amide bonds. The number of hydrogen-bond acceptors (Lipinski definition) is 4. The third kappa shape index (κ3) is 3.69. The quantitative estimate of drug-likeness (QED) is 0.480. The minimum Gasteiger partial charge on any atom is -0.321 e.